The summed E-state index contributed by atoms with van der Waals surface area (Å²) in [4.78, 5) is 4.29. The first-order valence-electron chi connectivity index (χ1n) is 7.31. The van der Waals surface area contributed by atoms with Crippen molar-refractivity contribution in [2.45, 2.75) is 57.0 Å². The third kappa shape index (κ3) is 3.33. The largest absolute Gasteiger partial charge is 0.369 e. The van der Waals surface area contributed by atoms with Gasteiger partial charge in [-0.1, -0.05) is 18.0 Å². The van der Waals surface area contributed by atoms with Crippen molar-refractivity contribution in [3.05, 3.63) is 17.3 Å². The average molecular weight is 332 g/mol. The van der Waals surface area contributed by atoms with Gasteiger partial charge in [-0.05, 0) is 39.7 Å². The lowest BCUT2D eigenvalue weighted by Gasteiger charge is -2.37. The summed E-state index contributed by atoms with van der Waals surface area (Å²) >= 11 is 6.12. The third-order valence-electron chi connectivity index (χ3n) is 3.85. The minimum absolute atomic E-state index is 0.00553. The molecule has 0 unspecified atom stereocenters. The SMILES string of the molecule is CCNc1ncc(S(=O)(=O)N2[C@H](C)CCC[C@@H]2C)cc1Cl. The molecule has 1 aliphatic rings. The van der Waals surface area contributed by atoms with E-state index in [-0.39, 0.29) is 17.0 Å². The Kier molecular flexibility index (Phi) is 5.11. The second-order valence-electron chi connectivity index (χ2n) is 5.50. The highest BCUT2D eigenvalue weighted by molar-refractivity contribution is 7.89. The van der Waals surface area contributed by atoms with E-state index < -0.39 is 10.0 Å². The van der Waals surface area contributed by atoms with Gasteiger partial charge in [0.2, 0.25) is 10.0 Å². The van der Waals surface area contributed by atoms with Gasteiger partial charge in [0.25, 0.3) is 0 Å². The molecule has 2 heterocycles. The van der Waals surface area contributed by atoms with Crippen LogP contribution in [0.4, 0.5) is 5.82 Å². The van der Waals surface area contributed by atoms with E-state index in [0.717, 1.165) is 19.3 Å². The van der Waals surface area contributed by atoms with Crippen molar-refractivity contribution >= 4 is 27.4 Å². The van der Waals surface area contributed by atoms with Crippen molar-refractivity contribution in [2.24, 2.45) is 0 Å². The Morgan fingerprint density at radius 2 is 2.00 bits per heavy atom. The fraction of sp³-hybridized carbons (Fsp3) is 0.643. The summed E-state index contributed by atoms with van der Waals surface area (Å²) in [5.41, 5.74) is 0. The molecule has 1 aliphatic heterocycles. The van der Waals surface area contributed by atoms with Gasteiger partial charge in [-0.2, -0.15) is 4.31 Å². The summed E-state index contributed by atoms with van der Waals surface area (Å²) in [5, 5.41) is 3.33. The molecule has 1 fully saturated rings. The predicted molar refractivity (Wildman–Crippen MR) is 85.2 cm³/mol. The summed E-state index contributed by atoms with van der Waals surface area (Å²) in [5.74, 6) is 0.512. The Morgan fingerprint density at radius 3 is 2.52 bits per heavy atom. The maximum Gasteiger partial charge on any atom is 0.245 e. The first-order valence-corrected chi connectivity index (χ1v) is 9.12. The maximum absolute atomic E-state index is 12.8. The summed E-state index contributed by atoms with van der Waals surface area (Å²) in [7, 11) is -3.56. The van der Waals surface area contributed by atoms with E-state index in [4.69, 9.17) is 11.6 Å². The molecule has 21 heavy (non-hydrogen) atoms. The molecule has 1 saturated heterocycles. The summed E-state index contributed by atoms with van der Waals surface area (Å²) in [6.07, 6.45) is 4.22. The summed E-state index contributed by atoms with van der Waals surface area (Å²) < 4.78 is 27.3. The molecule has 0 spiro atoms. The van der Waals surface area contributed by atoms with Gasteiger partial charge in [0.05, 0.1) is 5.02 Å². The molecule has 0 aliphatic carbocycles. The number of rotatable bonds is 4. The molecule has 5 nitrogen and oxygen atoms in total. The van der Waals surface area contributed by atoms with Crippen LogP contribution in [-0.2, 0) is 10.0 Å². The average Bonchev–Trinajstić information content (AvgIpc) is 2.40. The molecule has 0 saturated carbocycles. The molecule has 2 atom stereocenters. The van der Waals surface area contributed by atoms with E-state index in [0.29, 0.717) is 17.4 Å². The second-order valence-corrected chi connectivity index (χ2v) is 7.75. The minimum atomic E-state index is -3.56. The number of piperidine rings is 1. The number of pyridine rings is 1. The van der Waals surface area contributed by atoms with Crippen LogP contribution in [0.3, 0.4) is 0 Å². The standard InChI is InChI=1S/C14H22ClN3O2S/c1-4-16-14-13(15)8-12(9-17-14)21(19,20)18-10(2)6-5-7-11(18)3/h8-11H,4-7H2,1-3H3,(H,16,17)/t10-,11+. The van der Waals surface area contributed by atoms with Crippen molar-refractivity contribution in [2.75, 3.05) is 11.9 Å². The fourth-order valence-electron chi connectivity index (χ4n) is 2.85. The van der Waals surface area contributed by atoms with Crippen LogP contribution < -0.4 is 5.32 Å². The Balaban J connectivity index is 2.37. The predicted octanol–water partition coefficient (Wildman–Crippen LogP) is 3.12. The van der Waals surface area contributed by atoms with Crippen molar-refractivity contribution < 1.29 is 8.42 Å². The molecule has 118 valence electrons. The quantitative estimate of drug-likeness (QED) is 0.920. The lowest BCUT2D eigenvalue weighted by molar-refractivity contribution is 0.204. The zero-order valence-corrected chi connectivity index (χ0v) is 14.2. The van der Waals surface area contributed by atoms with Gasteiger partial charge in [0, 0.05) is 24.8 Å². The zero-order chi connectivity index (χ0) is 15.6. The van der Waals surface area contributed by atoms with Crippen LogP contribution >= 0.6 is 11.6 Å². The molecule has 0 radical (unpaired) electrons. The first-order chi connectivity index (χ1) is 9.87. The topological polar surface area (TPSA) is 62.3 Å². The number of nitrogens with one attached hydrogen (secondary N) is 1. The highest BCUT2D eigenvalue weighted by Gasteiger charge is 2.36. The minimum Gasteiger partial charge on any atom is -0.369 e. The van der Waals surface area contributed by atoms with Crippen LogP contribution in [-0.4, -0.2) is 36.3 Å². The van der Waals surface area contributed by atoms with Gasteiger partial charge in [-0.3, -0.25) is 0 Å². The normalized spacial score (nSPS) is 24.0. The molecule has 7 heteroatoms. The summed E-state index contributed by atoms with van der Waals surface area (Å²) in [6.45, 7) is 6.52. The molecule has 0 amide bonds. The lowest BCUT2D eigenvalue weighted by Crippen LogP contribution is -2.47. The molecule has 0 aromatic carbocycles. The van der Waals surface area contributed by atoms with E-state index in [2.05, 4.69) is 10.3 Å². The van der Waals surface area contributed by atoms with Crippen molar-refractivity contribution in [3.8, 4) is 0 Å². The van der Waals surface area contributed by atoms with Crippen LogP contribution in [0.1, 0.15) is 40.0 Å². The zero-order valence-electron chi connectivity index (χ0n) is 12.6. The van der Waals surface area contributed by atoms with Crippen LogP contribution in [0.25, 0.3) is 0 Å². The number of nitrogens with zero attached hydrogens (tertiary/aromatic N) is 2. The third-order valence-corrected chi connectivity index (χ3v) is 6.23. The second kappa shape index (κ2) is 6.50. The van der Waals surface area contributed by atoms with E-state index in [9.17, 15) is 8.42 Å². The Labute approximate surface area is 131 Å². The van der Waals surface area contributed by atoms with E-state index in [1.165, 1.54) is 12.3 Å². The Bertz CT molecular complexity index is 596. The van der Waals surface area contributed by atoms with Gasteiger partial charge in [0.1, 0.15) is 10.7 Å². The number of hydrogen-bond acceptors (Lipinski definition) is 4. The van der Waals surface area contributed by atoms with Crippen LogP contribution in [0.5, 0.6) is 0 Å². The smallest absolute Gasteiger partial charge is 0.245 e. The molecule has 1 aromatic rings. The van der Waals surface area contributed by atoms with Gasteiger partial charge in [-0.15, -0.1) is 0 Å². The van der Waals surface area contributed by atoms with Crippen LogP contribution in [0.15, 0.2) is 17.2 Å². The van der Waals surface area contributed by atoms with Crippen LogP contribution in [0.2, 0.25) is 5.02 Å². The highest BCUT2D eigenvalue weighted by Crippen LogP contribution is 2.31. The number of aromatic nitrogens is 1. The molecule has 0 bridgehead atoms. The maximum atomic E-state index is 12.8. The molecular weight excluding hydrogens is 310 g/mol. The highest BCUT2D eigenvalue weighted by atomic mass is 35.5. The van der Waals surface area contributed by atoms with E-state index >= 15 is 0 Å². The monoisotopic (exact) mass is 331 g/mol. The van der Waals surface area contributed by atoms with Gasteiger partial charge >= 0.3 is 0 Å². The van der Waals surface area contributed by atoms with Crippen molar-refractivity contribution in [3.63, 3.8) is 0 Å². The Morgan fingerprint density at radius 1 is 1.38 bits per heavy atom. The van der Waals surface area contributed by atoms with Gasteiger partial charge in [-0.25, -0.2) is 13.4 Å². The number of sulfonamides is 1. The molecule has 1 aromatic heterocycles. The van der Waals surface area contributed by atoms with E-state index in [1.54, 1.807) is 4.31 Å². The summed E-state index contributed by atoms with van der Waals surface area (Å²) in [6, 6.07) is 1.49. The first kappa shape index (κ1) is 16.5. The number of anilines is 1. The van der Waals surface area contributed by atoms with Crippen molar-refractivity contribution in [1.82, 2.24) is 9.29 Å². The fourth-order valence-corrected chi connectivity index (χ4v) is 5.00. The van der Waals surface area contributed by atoms with Gasteiger partial charge < -0.3 is 5.32 Å². The van der Waals surface area contributed by atoms with Crippen molar-refractivity contribution in [1.29, 1.82) is 0 Å². The van der Waals surface area contributed by atoms with Crippen LogP contribution in [0, 0.1) is 0 Å². The lowest BCUT2D eigenvalue weighted by atomic mass is 10.0. The van der Waals surface area contributed by atoms with Gasteiger partial charge in [0.15, 0.2) is 0 Å². The molecule has 1 N–H and O–H groups in total. The van der Waals surface area contributed by atoms with E-state index in [1.807, 2.05) is 20.8 Å². The number of hydrogen-bond donors (Lipinski definition) is 1. The molecular formula is C14H22ClN3O2S. The number of halogens is 1. The molecule has 2 rings (SSSR count). The Hall–Kier alpha value is -0.850.